The molecule has 1 atom stereocenters. The molecular weight excluding hydrogens is 322 g/mol. The van der Waals surface area contributed by atoms with Crippen LogP contribution < -0.4 is 11.1 Å². The lowest BCUT2D eigenvalue weighted by atomic mass is 10.1. The van der Waals surface area contributed by atoms with E-state index in [-0.39, 0.29) is 0 Å². The van der Waals surface area contributed by atoms with Gasteiger partial charge in [-0.2, -0.15) is 4.52 Å². The first kappa shape index (κ1) is 15.0. The predicted octanol–water partition coefficient (Wildman–Crippen LogP) is 4.08. The number of aromatic nitrogens is 3. The SMILES string of the molecule is Nc1cc(NC2CCc3ccccc32)cc2nc(-c3ccccc3)nn12. The Labute approximate surface area is 151 Å². The van der Waals surface area contributed by atoms with Gasteiger partial charge in [0, 0.05) is 23.4 Å². The Hall–Kier alpha value is -3.34. The van der Waals surface area contributed by atoms with E-state index < -0.39 is 0 Å². The molecule has 0 bridgehead atoms. The van der Waals surface area contributed by atoms with Gasteiger partial charge in [0.2, 0.25) is 0 Å². The molecule has 3 N–H and O–H groups in total. The molecule has 5 heteroatoms. The van der Waals surface area contributed by atoms with E-state index in [1.165, 1.54) is 11.1 Å². The lowest BCUT2D eigenvalue weighted by molar-refractivity contribution is 0.762. The summed E-state index contributed by atoms with van der Waals surface area (Å²) in [6.07, 6.45) is 2.20. The van der Waals surface area contributed by atoms with Crippen LogP contribution in [0.5, 0.6) is 0 Å². The zero-order valence-corrected chi connectivity index (χ0v) is 14.3. The molecule has 0 saturated carbocycles. The fourth-order valence-electron chi connectivity index (χ4n) is 3.71. The quantitative estimate of drug-likeness (QED) is 0.589. The van der Waals surface area contributed by atoms with E-state index >= 15 is 0 Å². The van der Waals surface area contributed by atoms with Gasteiger partial charge in [-0.05, 0) is 24.0 Å². The van der Waals surface area contributed by atoms with Crippen LogP contribution in [-0.2, 0) is 6.42 Å². The Morgan fingerprint density at radius 3 is 2.69 bits per heavy atom. The Morgan fingerprint density at radius 2 is 1.81 bits per heavy atom. The third kappa shape index (κ3) is 2.49. The number of aryl methyl sites for hydroxylation is 1. The molecule has 128 valence electrons. The highest BCUT2D eigenvalue weighted by Crippen LogP contribution is 2.34. The molecule has 0 saturated heterocycles. The average molecular weight is 341 g/mol. The van der Waals surface area contributed by atoms with Crippen LogP contribution in [0.25, 0.3) is 17.0 Å². The number of pyridine rings is 1. The molecule has 26 heavy (non-hydrogen) atoms. The topological polar surface area (TPSA) is 68.2 Å². The molecule has 0 aliphatic heterocycles. The van der Waals surface area contributed by atoms with Crippen molar-refractivity contribution in [2.75, 3.05) is 11.1 Å². The molecule has 1 unspecified atom stereocenters. The molecule has 5 rings (SSSR count). The van der Waals surface area contributed by atoms with Gasteiger partial charge in [0.15, 0.2) is 11.5 Å². The molecular formula is C21H19N5. The summed E-state index contributed by atoms with van der Waals surface area (Å²) in [6, 6.07) is 22.8. The van der Waals surface area contributed by atoms with Gasteiger partial charge in [-0.3, -0.25) is 0 Å². The lowest BCUT2D eigenvalue weighted by Gasteiger charge is -2.16. The highest BCUT2D eigenvalue weighted by atomic mass is 15.3. The van der Waals surface area contributed by atoms with E-state index in [0.29, 0.717) is 17.7 Å². The van der Waals surface area contributed by atoms with Crippen molar-refractivity contribution in [3.05, 3.63) is 77.9 Å². The first-order valence-electron chi connectivity index (χ1n) is 8.84. The van der Waals surface area contributed by atoms with Gasteiger partial charge in [0.1, 0.15) is 5.82 Å². The van der Waals surface area contributed by atoms with E-state index in [9.17, 15) is 0 Å². The van der Waals surface area contributed by atoms with Crippen LogP contribution in [0.15, 0.2) is 66.7 Å². The Kier molecular flexibility index (Phi) is 3.38. The molecule has 1 aliphatic carbocycles. The molecule has 2 heterocycles. The fraction of sp³-hybridized carbons (Fsp3) is 0.143. The van der Waals surface area contributed by atoms with Crippen molar-refractivity contribution in [2.45, 2.75) is 18.9 Å². The van der Waals surface area contributed by atoms with Crippen LogP contribution in [0, 0.1) is 0 Å². The van der Waals surface area contributed by atoms with E-state index in [4.69, 9.17) is 5.73 Å². The van der Waals surface area contributed by atoms with Crippen LogP contribution in [0.3, 0.4) is 0 Å². The minimum Gasteiger partial charge on any atom is -0.384 e. The van der Waals surface area contributed by atoms with Gasteiger partial charge in [0.05, 0.1) is 6.04 Å². The first-order valence-corrected chi connectivity index (χ1v) is 8.84. The number of nitrogen functional groups attached to an aromatic ring is 1. The maximum atomic E-state index is 6.24. The van der Waals surface area contributed by atoms with Crippen molar-refractivity contribution < 1.29 is 0 Å². The van der Waals surface area contributed by atoms with Crippen LogP contribution >= 0.6 is 0 Å². The van der Waals surface area contributed by atoms with E-state index in [0.717, 1.165) is 29.7 Å². The maximum absolute atomic E-state index is 6.24. The lowest BCUT2D eigenvalue weighted by Crippen LogP contribution is -2.08. The zero-order valence-electron chi connectivity index (χ0n) is 14.3. The number of anilines is 2. The highest BCUT2D eigenvalue weighted by Gasteiger charge is 2.22. The van der Waals surface area contributed by atoms with E-state index in [2.05, 4.69) is 39.7 Å². The van der Waals surface area contributed by atoms with Crippen molar-refractivity contribution in [3.63, 3.8) is 0 Å². The Bertz CT molecular complexity index is 1080. The smallest absolute Gasteiger partial charge is 0.182 e. The molecule has 0 amide bonds. The second kappa shape index (κ2) is 5.88. The summed E-state index contributed by atoms with van der Waals surface area (Å²) < 4.78 is 1.69. The molecule has 1 aliphatic rings. The molecule has 2 aromatic carbocycles. The summed E-state index contributed by atoms with van der Waals surface area (Å²) in [6.45, 7) is 0. The largest absolute Gasteiger partial charge is 0.384 e. The minimum absolute atomic E-state index is 0.310. The molecule has 0 fully saturated rings. The number of benzene rings is 2. The number of rotatable bonds is 3. The second-order valence-corrected chi connectivity index (χ2v) is 6.67. The van der Waals surface area contributed by atoms with Crippen molar-refractivity contribution in [2.24, 2.45) is 0 Å². The summed E-state index contributed by atoms with van der Waals surface area (Å²) in [7, 11) is 0. The van der Waals surface area contributed by atoms with Crippen LogP contribution in [0.1, 0.15) is 23.6 Å². The molecule has 2 aromatic heterocycles. The molecule has 5 nitrogen and oxygen atoms in total. The highest BCUT2D eigenvalue weighted by molar-refractivity contribution is 5.66. The van der Waals surface area contributed by atoms with Gasteiger partial charge in [-0.1, -0.05) is 54.6 Å². The number of hydrogen-bond acceptors (Lipinski definition) is 4. The number of fused-ring (bicyclic) bond motifs is 2. The van der Waals surface area contributed by atoms with Crippen molar-refractivity contribution in [3.8, 4) is 11.4 Å². The van der Waals surface area contributed by atoms with Crippen molar-refractivity contribution in [1.82, 2.24) is 14.6 Å². The normalized spacial score (nSPS) is 15.9. The number of nitrogens with two attached hydrogens (primary N) is 1. The Morgan fingerprint density at radius 1 is 1.00 bits per heavy atom. The van der Waals surface area contributed by atoms with Crippen molar-refractivity contribution in [1.29, 1.82) is 0 Å². The predicted molar refractivity (Wildman–Crippen MR) is 104 cm³/mol. The van der Waals surface area contributed by atoms with E-state index in [1.54, 1.807) is 4.52 Å². The number of nitrogens with zero attached hydrogens (tertiary/aromatic N) is 3. The number of nitrogens with one attached hydrogen (secondary N) is 1. The molecule has 0 spiro atoms. The summed E-state index contributed by atoms with van der Waals surface area (Å²) in [4.78, 5) is 4.66. The second-order valence-electron chi connectivity index (χ2n) is 6.67. The van der Waals surface area contributed by atoms with Crippen LogP contribution in [0.4, 0.5) is 11.5 Å². The minimum atomic E-state index is 0.310. The van der Waals surface area contributed by atoms with Crippen LogP contribution in [-0.4, -0.2) is 14.6 Å². The summed E-state index contributed by atoms with van der Waals surface area (Å²) in [5, 5.41) is 8.16. The fourth-order valence-corrected chi connectivity index (χ4v) is 3.71. The number of hydrogen-bond donors (Lipinski definition) is 2. The van der Waals surface area contributed by atoms with Gasteiger partial charge < -0.3 is 11.1 Å². The van der Waals surface area contributed by atoms with Gasteiger partial charge >= 0.3 is 0 Å². The molecule has 4 aromatic rings. The Balaban J connectivity index is 1.50. The van der Waals surface area contributed by atoms with Gasteiger partial charge in [-0.25, -0.2) is 4.98 Å². The molecule has 0 radical (unpaired) electrons. The van der Waals surface area contributed by atoms with Crippen molar-refractivity contribution >= 4 is 17.2 Å². The van der Waals surface area contributed by atoms with Crippen LogP contribution in [0.2, 0.25) is 0 Å². The standard InChI is InChI=1S/C21H19N5/c22-19-12-16(23-18-11-10-14-6-4-5-9-17(14)18)13-20-24-21(25-26(19)20)15-7-2-1-3-8-15/h1-9,12-13,18,23H,10-11,22H2. The maximum Gasteiger partial charge on any atom is 0.182 e. The van der Waals surface area contributed by atoms with E-state index in [1.807, 2.05) is 42.5 Å². The van der Waals surface area contributed by atoms with Gasteiger partial charge in [0.25, 0.3) is 0 Å². The third-order valence-electron chi connectivity index (χ3n) is 4.97. The third-order valence-corrected chi connectivity index (χ3v) is 4.97. The average Bonchev–Trinajstić information content (AvgIpc) is 3.28. The monoisotopic (exact) mass is 341 g/mol. The summed E-state index contributed by atoms with van der Waals surface area (Å²) in [5.74, 6) is 1.26. The summed E-state index contributed by atoms with van der Waals surface area (Å²) >= 11 is 0. The van der Waals surface area contributed by atoms with Gasteiger partial charge in [-0.15, -0.1) is 5.10 Å². The zero-order chi connectivity index (χ0) is 17.5. The first-order chi connectivity index (χ1) is 12.8. The summed E-state index contributed by atoms with van der Waals surface area (Å²) in [5.41, 5.74) is 11.7.